The number of esters is 1. The summed E-state index contributed by atoms with van der Waals surface area (Å²) < 4.78 is 23.1. The van der Waals surface area contributed by atoms with Crippen LogP contribution < -0.4 is 10.1 Å². The van der Waals surface area contributed by atoms with Crippen molar-refractivity contribution >= 4 is 17.8 Å². The molecule has 130 valence electrons. The number of likely N-dealkylation sites (N-methyl/N-ethyl adjacent to an activating group) is 1. The molecule has 1 N–H and O–H groups in total. The quantitative estimate of drug-likeness (QED) is 0.741. The third-order valence-corrected chi connectivity index (χ3v) is 3.46. The smallest absolute Gasteiger partial charge is 0.338 e. The number of nitrogens with one attached hydrogen (secondary N) is 1. The van der Waals surface area contributed by atoms with Crippen LogP contribution in [0.15, 0.2) is 18.2 Å². The van der Waals surface area contributed by atoms with Gasteiger partial charge >= 0.3 is 5.97 Å². The molecule has 0 unspecified atom stereocenters. The number of ether oxygens (including phenoxy) is 2. The van der Waals surface area contributed by atoms with Crippen LogP contribution in [0.5, 0.6) is 5.75 Å². The van der Waals surface area contributed by atoms with Gasteiger partial charge < -0.3 is 19.7 Å². The summed E-state index contributed by atoms with van der Waals surface area (Å²) in [6.07, 6.45) is 1.92. The number of hydrogen-bond donors (Lipinski definition) is 1. The second-order valence-corrected chi connectivity index (χ2v) is 5.52. The zero-order valence-corrected chi connectivity index (χ0v) is 13.5. The van der Waals surface area contributed by atoms with E-state index in [9.17, 15) is 18.8 Å². The van der Waals surface area contributed by atoms with Gasteiger partial charge in [0.25, 0.3) is 5.91 Å². The molecule has 7 nitrogen and oxygen atoms in total. The molecule has 0 heterocycles. The van der Waals surface area contributed by atoms with E-state index in [1.165, 1.54) is 31.2 Å². The van der Waals surface area contributed by atoms with Gasteiger partial charge in [-0.15, -0.1) is 0 Å². The number of rotatable bonds is 7. The lowest BCUT2D eigenvalue weighted by Crippen LogP contribution is -2.40. The van der Waals surface area contributed by atoms with Gasteiger partial charge in [-0.05, 0) is 31.0 Å². The van der Waals surface area contributed by atoms with Crippen molar-refractivity contribution in [3.05, 3.63) is 29.6 Å². The van der Waals surface area contributed by atoms with E-state index < -0.39 is 24.3 Å². The highest BCUT2D eigenvalue weighted by Gasteiger charge is 2.24. The van der Waals surface area contributed by atoms with Gasteiger partial charge in [0.1, 0.15) is 0 Å². The van der Waals surface area contributed by atoms with Crippen molar-refractivity contribution < 1.29 is 28.2 Å². The number of benzene rings is 1. The zero-order chi connectivity index (χ0) is 17.7. The Balaban J connectivity index is 1.80. The molecule has 1 aromatic rings. The highest BCUT2D eigenvalue weighted by Crippen LogP contribution is 2.19. The molecule has 0 aliphatic heterocycles. The van der Waals surface area contributed by atoms with E-state index in [0.717, 1.165) is 18.9 Å². The van der Waals surface area contributed by atoms with Crippen LogP contribution in [0.2, 0.25) is 0 Å². The molecule has 0 bridgehead atoms. The number of amides is 2. The lowest BCUT2D eigenvalue weighted by atomic mass is 10.2. The molecule has 0 aromatic heterocycles. The van der Waals surface area contributed by atoms with Gasteiger partial charge in [-0.3, -0.25) is 9.59 Å². The number of hydrogen-bond acceptors (Lipinski definition) is 5. The van der Waals surface area contributed by atoms with Crippen LogP contribution in [0.4, 0.5) is 4.39 Å². The van der Waals surface area contributed by atoms with E-state index in [2.05, 4.69) is 5.32 Å². The molecule has 0 saturated heterocycles. The first kappa shape index (κ1) is 17.7. The Kier molecular flexibility index (Phi) is 5.73. The summed E-state index contributed by atoms with van der Waals surface area (Å²) in [5, 5.41) is 2.75. The fraction of sp³-hybridized carbons (Fsp3) is 0.438. The maximum absolute atomic E-state index is 13.5. The number of methoxy groups -OCH3 is 1. The summed E-state index contributed by atoms with van der Waals surface area (Å²) in [5.41, 5.74) is -0.0322. The van der Waals surface area contributed by atoms with Crippen LogP contribution in [0.3, 0.4) is 0 Å². The van der Waals surface area contributed by atoms with Crippen LogP contribution in [0.25, 0.3) is 0 Å². The molecule has 1 saturated carbocycles. The third kappa shape index (κ3) is 4.94. The lowest BCUT2D eigenvalue weighted by Gasteiger charge is -2.16. The summed E-state index contributed by atoms with van der Waals surface area (Å²) in [6, 6.07) is 3.81. The maximum Gasteiger partial charge on any atom is 0.338 e. The van der Waals surface area contributed by atoms with Crippen molar-refractivity contribution in [3.8, 4) is 5.75 Å². The van der Waals surface area contributed by atoms with E-state index in [-0.39, 0.29) is 29.8 Å². The molecule has 1 aromatic carbocycles. The largest absolute Gasteiger partial charge is 0.494 e. The minimum absolute atomic E-state index is 0.00374. The Morgan fingerprint density at radius 3 is 2.62 bits per heavy atom. The molecule has 2 rings (SSSR count). The fourth-order valence-corrected chi connectivity index (χ4v) is 1.92. The highest BCUT2D eigenvalue weighted by atomic mass is 19.1. The van der Waals surface area contributed by atoms with Gasteiger partial charge in [-0.2, -0.15) is 0 Å². The highest BCUT2D eigenvalue weighted by molar-refractivity contribution is 5.92. The Labute approximate surface area is 138 Å². The van der Waals surface area contributed by atoms with E-state index in [1.807, 2.05) is 0 Å². The minimum atomic E-state index is -0.833. The lowest BCUT2D eigenvalue weighted by molar-refractivity contribution is -0.137. The Bertz CT molecular complexity index is 645. The van der Waals surface area contributed by atoms with Gasteiger partial charge in [-0.1, -0.05) is 0 Å². The molecule has 0 radical (unpaired) electrons. The van der Waals surface area contributed by atoms with Crippen molar-refractivity contribution in [1.82, 2.24) is 10.2 Å². The third-order valence-electron chi connectivity index (χ3n) is 3.46. The van der Waals surface area contributed by atoms with Crippen molar-refractivity contribution in [3.63, 3.8) is 0 Å². The summed E-state index contributed by atoms with van der Waals surface area (Å²) in [7, 11) is 2.75. The second kappa shape index (κ2) is 7.76. The summed E-state index contributed by atoms with van der Waals surface area (Å²) in [4.78, 5) is 36.4. The van der Waals surface area contributed by atoms with Gasteiger partial charge in [0.05, 0.1) is 19.2 Å². The van der Waals surface area contributed by atoms with Gasteiger partial charge in [0, 0.05) is 13.1 Å². The molecule has 1 aliphatic rings. The van der Waals surface area contributed by atoms with Gasteiger partial charge in [-0.25, -0.2) is 9.18 Å². The molecule has 1 fully saturated rings. The maximum atomic E-state index is 13.5. The van der Waals surface area contributed by atoms with Crippen LogP contribution in [-0.2, 0) is 14.3 Å². The first-order valence-corrected chi connectivity index (χ1v) is 7.44. The SMILES string of the molecule is COc1ccc(C(=O)OCC(=O)N(C)CC(=O)NC2CC2)cc1F. The van der Waals surface area contributed by atoms with Crippen LogP contribution in [0.1, 0.15) is 23.2 Å². The van der Waals surface area contributed by atoms with Crippen molar-refractivity contribution in [2.45, 2.75) is 18.9 Å². The van der Waals surface area contributed by atoms with Crippen LogP contribution in [-0.4, -0.2) is 56.0 Å². The summed E-state index contributed by atoms with van der Waals surface area (Å²) in [6.45, 7) is -0.635. The first-order chi connectivity index (χ1) is 11.4. The van der Waals surface area contributed by atoms with Crippen LogP contribution >= 0.6 is 0 Å². The van der Waals surface area contributed by atoms with Gasteiger partial charge in [0.15, 0.2) is 18.2 Å². The molecule has 8 heteroatoms. The number of halogens is 1. The molecule has 0 atom stereocenters. The van der Waals surface area contributed by atoms with Crippen LogP contribution in [0, 0.1) is 5.82 Å². The minimum Gasteiger partial charge on any atom is -0.494 e. The van der Waals surface area contributed by atoms with Crippen molar-refractivity contribution in [2.75, 3.05) is 27.3 Å². The molecule has 1 aliphatic carbocycles. The standard InChI is InChI=1S/C16H19FN2O5/c1-19(8-14(20)18-11-4-5-11)15(21)9-24-16(22)10-3-6-13(23-2)12(17)7-10/h3,6-7,11H,4-5,8-9H2,1-2H3,(H,18,20). The predicted octanol–water partition coefficient (Wildman–Crippen LogP) is 0.728. The predicted molar refractivity (Wildman–Crippen MR) is 82.0 cm³/mol. The topological polar surface area (TPSA) is 84.9 Å². The molecule has 2 amide bonds. The van der Waals surface area contributed by atoms with Crippen molar-refractivity contribution in [1.29, 1.82) is 0 Å². The molecular weight excluding hydrogens is 319 g/mol. The van der Waals surface area contributed by atoms with E-state index in [0.29, 0.717) is 0 Å². The van der Waals surface area contributed by atoms with E-state index in [4.69, 9.17) is 9.47 Å². The normalized spacial score (nSPS) is 13.1. The average Bonchev–Trinajstić information content (AvgIpc) is 3.35. The molecule has 0 spiro atoms. The number of carbonyl (C=O) groups excluding carboxylic acids is 3. The summed E-state index contributed by atoms with van der Waals surface area (Å²) in [5.74, 6) is -2.31. The first-order valence-electron chi connectivity index (χ1n) is 7.44. The Hall–Kier alpha value is -2.64. The average molecular weight is 338 g/mol. The van der Waals surface area contributed by atoms with Crippen molar-refractivity contribution in [2.24, 2.45) is 0 Å². The zero-order valence-electron chi connectivity index (χ0n) is 13.5. The number of carbonyl (C=O) groups is 3. The second-order valence-electron chi connectivity index (χ2n) is 5.52. The van der Waals surface area contributed by atoms with E-state index in [1.54, 1.807) is 0 Å². The summed E-state index contributed by atoms with van der Waals surface area (Å²) >= 11 is 0. The fourth-order valence-electron chi connectivity index (χ4n) is 1.92. The van der Waals surface area contributed by atoms with Gasteiger partial charge in [0.2, 0.25) is 5.91 Å². The Morgan fingerprint density at radius 1 is 1.33 bits per heavy atom. The molecule has 24 heavy (non-hydrogen) atoms. The Morgan fingerprint density at radius 2 is 2.04 bits per heavy atom. The monoisotopic (exact) mass is 338 g/mol. The number of nitrogens with zero attached hydrogens (tertiary/aromatic N) is 1. The molecular formula is C16H19FN2O5. The van der Waals surface area contributed by atoms with E-state index >= 15 is 0 Å².